The lowest BCUT2D eigenvalue weighted by molar-refractivity contribution is 0.372. The van der Waals surface area contributed by atoms with Crippen molar-refractivity contribution >= 4 is 17.3 Å². The fraction of sp³-hybridized carbons (Fsp3) is 0.250. The Morgan fingerprint density at radius 1 is 0.952 bits per heavy atom. The Morgan fingerprint density at radius 2 is 1.67 bits per heavy atom. The third-order valence-electron chi connectivity index (χ3n) is 3.83. The zero-order valence-corrected chi connectivity index (χ0v) is 11.8. The molecule has 1 aliphatic rings. The highest BCUT2D eigenvalue weighted by Gasteiger charge is 2.31. The molecule has 21 heavy (non-hydrogen) atoms. The monoisotopic (exact) mass is 311 g/mol. The van der Waals surface area contributed by atoms with Crippen LogP contribution in [0.5, 0.6) is 0 Å². The average molecular weight is 312 g/mol. The fourth-order valence-electron chi connectivity index (χ4n) is 2.62. The molecule has 0 spiro atoms. The smallest absolute Gasteiger partial charge is 0.161 e. The molecule has 0 saturated heterocycles. The van der Waals surface area contributed by atoms with Crippen molar-refractivity contribution in [2.75, 3.05) is 5.32 Å². The summed E-state index contributed by atoms with van der Waals surface area (Å²) < 4.78 is 39.5. The molecule has 1 saturated carbocycles. The lowest BCUT2D eigenvalue weighted by atomic mass is 9.76. The summed E-state index contributed by atoms with van der Waals surface area (Å²) in [6.45, 7) is 0. The molecule has 1 fully saturated rings. The van der Waals surface area contributed by atoms with Gasteiger partial charge in [-0.2, -0.15) is 0 Å². The van der Waals surface area contributed by atoms with Gasteiger partial charge in [0.25, 0.3) is 0 Å². The first-order valence-corrected chi connectivity index (χ1v) is 7.07. The lowest BCUT2D eigenvalue weighted by Gasteiger charge is -2.37. The van der Waals surface area contributed by atoms with E-state index in [1.807, 2.05) is 24.3 Å². The Balaban J connectivity index is 1.64. The van der Waals surface area contributed by atoms with Gasteiger partial charge in [0, 0.05) is 23.2 Å². The molecule has 2 aromatic rings. The molecule has 0 bridgehead atoms. The normalized spacial score (nSPS) is 21.0. The Labute approximate surface area is 125 Å². The Hall–Kier alpha value is -1.68. The number of rotatable bonds is 3. The third kappa shape index (κ3) is 3.00. The molecule has 110 valence electrons. The molecule has 0 heterocycles. The molecule has 1 aliphatic carbocycles. The largest absolute Gasteiger partial charge is 0.380 e. The van der Waals surface area contributed by atoms with Gasteiger partial charge in [0.15, 0.2) is 11.6 Å². The Bertz CT molecular complexity index is 669. The highest BCUT2D eigenvalue weighted by atomic mass is 35.5. The van der Waals surface area contributed by atoms with Crippen molar-refractivity contribution in [2.45, 2.75) is 24.8 Å². The topological polar surface area (TPSA) is 12.0 Å². The van der Waals surface area contributed by atoms with Gasteiger partial charge in [0.1, 0.15) is 5.82 Å². The maximum Gasteiger partial charge on any atom is 0.161 e. The Morgan fingerprint density at radius 3 is 2.38 bits per heavy atom. The predicted octanol–water partition coefficient (Wildman–Crippen LogP) is 5.12. The van der Waals surface area contributed by atoms with Crippen LogP contribution < -0.4 is 5.32 Å². The van der Waals surface area contributed by atoms with Crippen LogP contribution in [0.2, 0.25) is 5.02 Å². The molecule has 0 aromatic heterocycles. The van der Waals surface area contributed by atoms with E-state index in [1.54, 1.807) is 0 Å². The molecule has 1 nitrogen and oxygen atoms in total. The van der Waals surface area contributed by atoms with Gasteiger partial charge in [-0.05, 0) is 36.5 Å². The van der Waals surface area contributed by atoms with E-state index < -0.39 is 17.5 Å². The molecular formula is C16H13ClF3N. The number of nitrogens with one attached hydrogen (secondary N) is 1. The van der Waals surface area contributed by atoms with Gasteiger partial charge < -0.3 is 5.32 Å². The summed E-state index contributed by atoms with van der Waals surface area (Å²) in [5, 5.41) is 3.60. The number of halogens is 4. The maximum absolute atomic E-state index is 13.5. The second-order valence-corrected chi connectivity index (χ2v) is 5.75. The zero-order chi connectivity index (χ0) is 15.0. The minimum atomic E-state index is -1.18. The predicted molar refractivity (Wildman–Crippen MR) is 77.2 cm³/mol. The van der Waals surface area contributed by atoms with E-state index in [4.69, 9.17) is 11.6 Å². The summed E-state index contributed by atoms with van der Waals surface area (Å²) in [5.74, 6) is -2.65. The van der Waals surface area contributed by atoms with Gasteiger partial charge in [-0.1, -0.05) is 23.7 Å². The molecule has 0 radical (unpaired) electrons. The van der Waals surface area contributed by atoms with Crippen molar-refractivity contribution in [3.8, 4) is 0 Å². The van der Waals surface area contributed by atoms with Crippen LogP contribution in [0.4, 0.5) is 18.9 Å². The van der Waals surface area contributed by atoms with E-state index in [-0.39, 0.29) is 11.7 Å². The second-order valence-electron chi connectivity index (χ2n) is 5.31. The van der Waals surface area contributed by atoms with E-state index in [0.717, 1.165) is 24.5 Å². The Kier molecular flexibility index (Phi) is 3.81. The SMILES string of the molecule is Fc1cc(F)c(NC2CC(c3cccc(Cl)c3)C2)cc1F. The second kappa shape index (κ2) is 5.60. The van der Waals surface area contributed by atoms with E-state index >= 15 is 0 Å². The molecule has 5 heteroatoms. The fourth-order valence-corrected chi connectivity index (χ4v) is 2.82. The first kappa shape index (κ1) is 14.3. The lowest BCUT2D eigenvalue weighted by Crippen LogP contribution is -2.34. The summed E-state index contributed by atoms with van der Waals surface area (Å²) in [4.78, 5) is 0. The molecule has 3 rings (SSSR count). The quantitative estimate of drug-likeness (QED) is 0.776. The van der Waals surface area contributed by atoms with Crippen molar-refractivity contribution in [1.29, 1.82) is 0 Å². The summed E-state index contributed by atoms with van der Waals surface area (Å²) in [5.41, 5.74) is 1.15. The van der Waals surface area contributed by atoms with Crippen molar-refractivity contribution in [3.05, 3.63) is 64.4 Å². The van der Waals surface area contributed by atoms with Crippen molar-refractivity contribution in [1.82, 2.24) is 0 Å². The van der Waals surface area contributed by atoms with Crippen molar-refractivity contribution in [3.63, 3.8) is 0 Å². The summed E-state index contributed by atoms with van der Waals surface area (Å²) in [7, 11) is 0. The minimum Gasteiger partial charge on any atom is -0.380 e. The number of benzene rings is 2. The van der Waals surface area contributed by atoms with Crippen LogP contribution in [-0.2, 0) is 0 Å². The average Bonchev–Trinajstić information content (AvgIpc) is 2.39. The number of anilines is 1. The standard InChI is InChI=1S/C16H13ClF3N/c17-11-3-1-2-9(4-11)10-5-12(6-10)21-16-8-14(19)13(18)7-15(16)20/h1-4,7-8,10,12,21H,5-6H2. The molecule has 0 atom stereocenters. The molecule has 0 aliphatic heterocycles. The van der Waals surface area contributed by atoms with Crippen molar-refractivity contribution < 1.29 is 13.2 Å². The van der Waals surface area contributed by atoms with Gasteiger partial charge in [0.2, 0.25) is 0 Å². The van der Waals surface area contributed by atoms with Crippen molar-refractivity contribution in [2.24, 2.45) is 0 Å². The van der Waals surface area contributed by atoms with Gasteiger partial charge in [-0.25, -0.2) is 13.2 Å². The maximum atomic E-state index is 13.5. The van der Waals surface area contributed by atoms with Gasteiger partial charge in [0.05, 0.1) is 5.69 Å². The van der Waals surface area contributed by atoms with Crippen LogP contribution in [0.1, 0.15) is 24.3 Å². The summed E-state index contributed by atoms with van der Waals surface area (Å²) in [6.07, 6.45) is 1.61. The highest BCUT2D eigenvalue weighted by Crippen LogP contribution is 2.39. The molecule has 1 N–H and O–H groups in total. The first-order chi connectivity index (χ1) is 10.0. The molecule has 0 unspecified atom stereocenters. The summed E-state index contributed by atoms with van der Waals surface area (Å²) in [6, 6.07) is 9.10. The first-order valence-electron chi connectivity index (χ1n) is 6.69. The van der Waals surface area contributed by atoms with Crippen LogP contribution >= 0.6 is 11.6 Å². The van der Waals surface area contributed by atoms with Gasteiger partial charge in [-0.3, -0.25) is 0 Å². The number of hydrogen-bond acceptors (Lipinski definition) is 1. The highest BCUT2D eigenvalue weighted by molar-refractivity contribution is 6.30. The zero-order valence-electron chi connectivity index (χ0n) is 11.0. The van der Waals surface area contributed by atoms with E-state index in [2.05, 4.69) is 5.32 Å². The third-order valence-corrected chi connectivity index (χ3v) is 4.06. The molecular weight excluding hydrogens is 299 g/mol. The molecule has 0 amide bonds. The minimum absolute atomic E-state index is 0.00319. The van der Waals surface area contributed by atoms with Crippen LogP contribution in [0.15, 0.2) is 36.4 Å². The number of hydrogen-bond donors (Lipinski definition) is 1. The van der Waals surface area contributed by atoms with E-state index in [0.29, 0.717) is 17.0 Å². The van der Waals surface area contributed by atoms with Gasteiger partial charge in [-0.15, -0.1) is 0 Å². The van der Waals surface area contributed by atoms with Crippen LogP contribution in [-0.4, -0.2) is 6.04 Å². The van der Waals surface area contributed by atoms with Crippen LogP contribution in [0.25, 0.3) is 0 Å². The van der Waals surface area contributed by atoms with Gasteiger partial charge >= 0.3 is 0 Å². The van der Waals surface area contributed by atoms with E-state index in [9.17, 15) is 13.2 Å². The molecule has 2 aromatic carbocycles. The summed E-state index contributed by atoms with van der Waals surface area (Å²) >= 11 is 5.95. The van der Waals surface area contributed by atoms with E-state index in [1.165, 1.54) is 0 Å². The van der Waals surface area contributed by atoms with Crippen LogP contribution in [0.3, 0.4) is 0 Å². The van der Waals surface area contributed by atoms with Crippen LogP contribution in [0, 0.1) is 17.5 Å².